The lowest BCUT2D eigenvalue weighted by molar-refractivity contribution is -0.197. The number of hydrogen-bond donors (Lipinski definition) is 2. The molecule has 2 aromatic heterocycles. The Morgan fingerprint density at radius 3 is 1.24 bits per heavy atom. The molecule has 32 heteroatoms. The summed E-state index contributed by atoms with van der Waals surface area (Å²) in [5, 5.41) is 2.87. The van der Waals surface area contributed by atoms with E-state index in [2.05, 4.69) is 19.4 Å². The molecule has 0 radical (unpaired) electrons. The van der Waals surface area contributed by atoms with Crippen molar-refractivity contribution in [3.8, 4) is 23.3 Å². The first-order valence-corrected chi connectivity index (χ1v) is 44.1. The molecule has 0 unspecified atom stereocenters. The predicted molar refractivity (Wildman–Crippen MR) is 426 cm³/mol. The van der Waals surface area contributed by atoms with Gasteiger partial charge in [-0.3, -0.25) is 47.8 Å². The highest BCUT2D eigenvalue weighted by Gasteiger charge is 2.66. The van der Waals surface area contributed by atoms with E-state index in [-0.39, 0.29) is 88.1 Å². The van der Waals surface area contributed by atoms with Crippen LogP contribution in [0.5, 0.6) is 23.3 Å². The maximum absolute atomic E-state index is 14.9. The molecule has 2 aromatic carbocycles. The van der Waals surface area contributed by atoms with Gasteiger partial charge < -0.3 is 38.2 Å². The van der Waals surface area contributed by atoms with E-state index < -0.39 is 209 Å². The Hall–Kier alpha value is -8.42. The molecule has 2 saturated heterocycles. The number of esters is 2. The molecule has 0 bridgehead atoms. The van der Waals surface area contributed by atoms with Crippen LogP contribution >= 0.6 is 0 Å². The number of hydrogen-bond acceptors (Lipinski definition) is 20. The lowest BCUT2D eigenvalue weighted by Crippen LogP contribution is -2.49. The van der Waals surface area contributed by atoms with E-state index in [9.17, 15) is 81.5 Å². The van der Waals surface area contributed by atoms with Gasteiger partial charge in [0, 0.05) is 62.7 Å². The molecular weight excluding hydrogens is 1580 g/mol. The van der Waals surface area contributed by atoms with Gasteiger partial charge in [0.05, 0.1) is 73.9 Å². The Balaban J connectivity index is 0.000000231. The second-order valence-electron chi connectivity index (χ2n) is 35.6. The third-order valence-electron chi connectivity index (χ3n) is 25.8. The van der Waals surface area contributed by atoms with Crippen LogP contribution in [0.15, 0.2) is 85.2 Å². The average Bonchev–Trinajstić information content (AvgIpc) is 1.56. The van der Waals surface area contributed by atoms with Crippen LogP contribution in [0.2, 0.25) is 0 Å². The summed E-state index contributed by atoms with van der Waals surface area (Å²) >= 11 is 0. The lowest BCUT2D eigenvalue weighted by Gasteiger charge is -2.34. The van der Waals surface area contributed by atoms with Crippen molar-refractivity contribution in [2.24, 2.45) is 58.2 Å². The second-order valence-corrected chi connectivity index (χ2v) is 39.7. The van der Waals surface area contributed by atoms with Gasteiger partial charge in [-0.2, -0.15) is 0 Å². The smallest absolute Gasteiger partial charge is 0.307 e. The number of nitrogens with zero attached hydrogens (tertiary/aromatic N) is 4. The number of alkyl halides is 6. The maximum atomic E-state index is 14.9. The summed E-state index contributed by atoms with van der Waals surface area (Å²) < 4.78 is 174. The summed E-state index contributed by atoms with van der Waals surface area (Å²) in [6, 6.07) is 12.1. The largest absolute Gasteiger partial charge is 0.494 e. The van der Waals surface area contributed by atoms with Gasteiger partial charge in [0.2, 0.25) is 55.4 Å². The fraction of sp³-hybridized carbons (Fsp3) is 0.651. The number of Topliss-reactive ketones (excluding diaryl/α,β-unsaturated/α-hetero) is 2. The number of aromatic nitrogens is 2. The number of ether oxygens (including phenoxy) is 6. The molecule has 8 aliphatic rings. The lowest BCUT2D eigenvalue weighted by atomic mass is 9.82. The van der Waals surface area contributed by atoms with Crippen molar-refractivity contribution in [1.29, 1.82) is 0 Å². The number of halogens is 6. The minimum absolute atomic E-state index is 0.0157. The van der Waals surface area contributed by atoms with Crippen molar-refractivity contribution in [3.05, 3.63) is 85.2 Å². The Kier molecular flexibility index (Phi) is 26.8. The van der Waals surface area contributed by atoms with Crippen molar-refractivity contribution >= 4 is 88.7 Å². The van der Waals surface area contributed by atoms with E-state index in [0.717, 1.165) is 38.5 Å². The molecule has 6 fully saturated rings. The van der Waals surface area contributed by atoms with Crippen molar-refractivity contribution in [1.82, 2.24) is 29.2 Å². The number of amides is 4. The summed E-state index contributed by atoms with van der Waals surface area (Å²) in [5.74, 6) is -14.8. The Morgan fingerprint density at radius 2 is 0.907 bits per heavy atom. The summed E-state index contributed by atoms with van der Waals surface area (Å²) in [7, 11) is -8.78. The number of nitrogens with one attached hydrogen (secondary N) is 2. The van der Waals surface area contributed by atoms with Gasteiger partial charge in [-0.25, -0.2) is 53.1 Å². The number of carbonyl (C=O) groups excluding carboxylic acids is 8. The Morgan fingerprint density at radius 1 is 0.542 bits per heavy atom. The maximum Gasteiger partial charge on any atom is 0.307 e. The van der Waals surface area contributed by atoms with Gasteiger partial charge in [0.15, 0.2) is 22.8 Å². The highest BCUT2D eigenvalue weighted by molar-refractivity contribution is 7.92. The zero-order chi connectivity index (χ0) is 86.3. The molecule has 4 aromatic rings. The molecule has 14 atom stereocenters. The van der Waals surface area contributed by atoms with Gasteiger partial charge in [0.1, 0.15) is 46.6 Å². The van der Waals surface area contributed by atoms with Crippen molar-refractivity contribution < 1.29 is 110 Å². The minimum Gasteiger partial charge on any atom is -0.494 e. The fourth-order valence-corrected chi connectivity index (χ4v) is 19.8. The van der Waals surface area contributed by atoms with E-state index in [4.69, 9.17) is 28.4 Å². The van der Waals surface area contributed by atoms with Crippen LogP contribution in [-0.2, 0) is 67.9 Å². The van der Waals surface area contributed by atoms with Gasteiger partial charge in [-0.1, -0.05) is 52.0 Å². The van der Waals surface area contributed by atoms with Gasteiger partial charge in [-0.15, -0.1) is 0 Å². The molecule has 4 aliphatic carbocycles. The zero-order valence-electron chi connectivity index (χ0n) is 69.2. The molecule has 6 heterocycles. The van der Waals surface area contributed by atoms with Crippen molar-refractivity contribution in [2.45, 2.75) is 255 Å². The zero-order valence-corrected chi connectivity index (χ0v) is 70.8. The van der Waals surface area contributed by atoms with E-state index in [1.807, 2.05) is 78.0 Å². The third-order valence-corrected chi connectivity index (χ3v) is 30.1. The molecule has 12 rings (SSSR count). The second kappa shape index (κ2) is 35.0. The van der Waals surface area contributed by atoms with Crippen LogP contribution in [-0.4, -0.2) is 180 Å². The molecule has 648 valence electrons. The van der Waals surface area contributed by atoms with Crippen LogP contribution in [0.4, 0.5) is 26.3 Å². The first kappa shape index (κ1) is 90.3. The SMILES string of the molecule is CCOc1ccc2c(O[C@@H]3C[C@H]4C(=O)C[C@]5(C(=O)NS(=O)(=O)C6(CF)CC6)C[C@H]5/C=C\CC[C@@H](C)C[C@@H](C)[C@H](CC(=O)OC(C)(C)C(C)(F)F)C(=O)N4C3)nccc2c1.CCOc1ccc2c(O[C@@H]3C[C@H]4C(=O)C[C@]5(C(=O)NS(=O)(=O)C6(CF)CC6)C[C@H]5/C=C\CC[C@H](C)C[C@@H](C)[C@H](CC(=O)OC(C)(C)C(C)(F)F)C(=O)N4C3)nccc2c1. The normalized spacial score (nSPS) is 29.3. The number of sulfonamides is 2. The summed E-state index contributed by atoms with van der Waals surface area (Å²) in [5.41, 5.74) is -7.25. The molecule has 2 N–H and O–H groups in total. The first-order valence-electron chi connectivity index (χ1n) is 41.1. The number of pyridine rings is 2. The van der Waals surface area contributed by atoms with Crippen molar-refractivity contribution in [3.63, 3.8) is 0 Å². The number of benzene rings is 2. The average molecular weight is 1700 g/mol. The van der Waals surface area contributed by atoms with Gasteiger partial charge in [0.25, 0.3) is 11.8 Å². The quantitative estimate of drug-likeness (QED) is 0.0374. The van der Waals surface area contributed by atoms with Crippen molar-refractivity contribution in [2.75, 3.05) is 39.7 Å². The van der Waals surface area contributed by atoms with E-state index in [1.165, 1.54) is 9.80 Å². The van der Waals surface area contributed by atoms with Crippen LogP contribution < -0.4 is 28.4 Å². The molecule has 4 saturated carbocycles. The predicted octanol–water partition coefficient (Wildman–Crippen LogP) is 13.8. The fourth-order valence-electron chi connectivity index (χ4n) is 16.9. The molecule has 0 spiro atoms. The van der Waals surface area contributed by atoms with Gasteiger partial charge >= 0.3 is 11.9 Å². The molecule has 24 nitrogen and oxygen atoms in total. The first-order chi connectivity index (χ1) is 55.3. The Labute approximate surface area is 686 Å². The highest BCUT2D eigenvalue weighted by atomic mass is 32.2. The summed E-state index contributed by atoms with van der Waals surface area (Å²) in [4.78, 5) is 126. The van der Waals surface area contributed by atoms with Crippen LogP contribution in [0.1, 0.15) is 199 Å². The number of allylic oxidation sites excluding steroid dienone is 4. The number of fused-ring (bicyclic) bond motifs is 6. The van der Waals surface area contributed by atoms with Gasteiger partial charge in [-0.05, 0) is 213 Å². The number of ketones is 2. The molecular formula is C86H112F6N6O18S2. The third kappa shape index (κ3) is 19.6. The highest BCUT2D eigenvalue weighted by Crippen LogP contribution is 2.60. The molecule has 118 heavy (non-hydrogen) atoms. The summed E-state index contributed by atoms with van der Waals surface area (Å²) in [6.07, 6.45) is 11.2. The standard InChI is InChI=1S/2C43H56F3N3O9S/c2*1-7-56-30-12-13-32-28(19-30)14-17-47-37(32)57-31-20-34-35(50)23-43(39(53)48-59(54,55)42(25-44)15-16-42)22-29(43)11-9-8-10-26(2)18-27(3)33(38(52)49(34)24-31)21-36(51)58-40(4,5)41(6,45)46/h2*9,11-14,17,19,26-27,29,31,33-34H,7-8,10,15-16,18,20-25H2,1-6H3,(H,48,53)/b2*11-9-/t26-,27+,29+,31+,33-,34-,43+;26-,27-,29-,31-,33+,34+,43-/m01/s1. The topological polar surface area (TPSA) is 317 Å². The van der Waals surface area contributed by atoms with E-state index in [0.29, 0.717) is 87.9 Å². The van der Waals surface area contributed by atoms with Crippen LogP contribution in [0.25, 0.3) is 21.5 Å². The number of carbonyl (C=O) groups is 8. The minimum atomic E-state index is -4.39. The van der Waals surface area contributed by atoms with E-state index in [1.54, 1.807) is 48.8 Å². The molecule has 4 aliphatic heterocycles. The Bertz CT molecular complexity index is 4470. The number of rotatable bonds is 24. The van der Waals surface area contributed by atoms with Crippen LogP contribution in [0, 0.1) is 58.2 Å². The van der Waals surface area contributed by atoms with Crippen LogP contribution in [0.3, 0.4) is 0 Å². The monoisotopic (exact) mass is 1690 g/mol. The summed E-state index contributed by atoms with van der Waals surface area (Å²) in [6.45, 7) is 15.5. The molecule has 4 amide bonds. The van der Waals surface area contributed by atoms with E-state index >= 15 is 0 Å².